The number of aryl methyl sites for hydroxylation is 1. The predicted molar refractivity (Wildman–Crippen MR) is 130 cm³/mol. The van der Waals surface area contributed by atoms with E-state index < -0.39 is 10.8 Å². The number of nitro benzene ring substituents is 1. The van der Waals surface area contributed by atoms with Crippen LogP contribution in [0, 0.1) is 17.0 Å². The van der Waals surface area contributed by atoms with Crippen molar-refractivity contribution in [3.8, 4) is 0 Å². The van der Waals surface area contributed by atoms with E-state index in [1.54, 1.807) is 4.90 Å². The fourth-order valence-electron chi connectivity index (χ4n) is 4.91. The quantitative estimate of drug-likeness (QED) is 0.441. The first-order valence-electron chi connectivity index (χ1n) is 11.5. The molecule has 0 spiro atoms. The molecule has 1 atom stereocenters. The number of nitrogens with one attached hydrogen (secondary N) is 1. The van der Waals surface area contributed by atoms with Gasteiger partial charge in [-0.1, -0.05) is 24.3 Å². The second-order valence-corrected chi connectivity index (χ2v) is 8.87. The number of non-ortho nitro benzene ring substituents is 1. The van der Waals surface area contributed by atoms with Gasteiger partial charge in [-0.3, -0.25) is 19.7 Å². The summed E-state index contributed by atoms with van der Waals surface area (Å²) in [5, 5.41) is 15.3. The zero-order valence-corrected chi connectivity index (χ0v) is 19.4. The summed E-state index contributed by atoms with van der Waals surface area (Å²) < 4.78 is 6.08. The summed E-state index contributed by atoms with van der Waals surface area (Å²) in [7, 11) is 0. The molecule has 35 heavy (non-hydrogen) atoms. The van der Waals surface area contributed by atoms with Gasteiger partial charge in [-0.25, -0.2) is 5.43 Å². The van der Waals surface area contributed by atoms with E-state index in [0.717, 1.165) is 29.7 Å². The number of anilines is 1. The number of fused-ring (bicyclic) bond motifs is 2. The van der Waals surface area contributed by atoms with Crippen LogP contribution in [-0.4, -0.2) is 28.5 Å². The van der Waals surface area contributed by atoms with Gasteiger partial charge in [0.1, 0.15) is 5.76 Å². The molecule has 1 N–H and O–H groups in total. The minimum Gasteiger partial charge on any atom is -0.455 e. The predicted octanol–water partition coefficient (Wildman–Crippen LogP) is 4.56. The number of furan rings is 1. The number of para-hydroxylation sites is 1. The van der Waals surface area contributed by atoms with Gasteiger partial charge in [0.15, 0.2) is 5.76 Å². The molecule has 0 fully saturated rings. The van der Waals surface area contributed by atoms with Crippen molar-refractivity contribution >= 4 is 28.9 Å². The molecule has 3 aromatic rings. The molecule has 1 aliphatic carbocycles. The molecule has 2 aliphatic rings. The van der Waals surface area contributed by atoms with Gasteiger partial charge in [-0.2, -0.15) is 5.10 Å². The highest BCUT2D eigenvalue weighted by atomic mass is 16.6. The number of nitro groups is 1. The highest BCUT2D eigenvalue weighted by Crippen LogP contribution is 2.36. The van der Waals surface area contributed by atoms with Crippen molar-refractivity contribution in [3.05, 3.63) is 92.4 Å². The highest BCUT2D eigenvalue weighted by Gasteiger charge is 2.36. The number of carbonyl (C=O) groups is 2. The van der Waals surface area contributed by atoms with Gasteiger partial charge in [0, 0.05) is 47.0 Å². The Labute approximate surface area is 201 Å². The lowest BCUT2D eigenvalue weighted by Crippen LogP contribution is -2.35. The Morgan fingerprint density at radius 3 is 2.77 bits per heavy atom. The summed E-state index contributed by atoms with van der Waals surface area (Å²) in [6.07, 6.45) is 2.84. The van der Waals surface area contributed by atoms with Crippen LogP contribution in [0.4, 0.5) is 11.4 Å². The molecule has 0 radical (unpaired) electrons. The van der Waals surface area contributed by atoms with Crippen molar-refractivity contribution in [2.24, 2.45) is 5.10 Å². The fraction of sp³-hybridized carbons (Fsp3) is 0.269. The molecule has 0 saturated carbocycles. The van der Waals surface area contributed by atoms with E-state index in [0.29, 0.717) is 29.9 Å². The molecular weight excluding hydrogens is 448 g/mol. The van der Waals surface area contributed by atoms with Crippen LogP contribution >= 0.6 is 0 Å². The van der Waals surface area contributed by atoms with Crippen molar-refractivity contribution in [2.75, 3.05) is 4.90 Å². The number of rotatable bonds is 4. The molecule has 0 bridgehead atoms. The number of nitrogens with zero attached hydrogens (tertiary/aromatic N) is 3. The third kappa shape index (κ3) is 3.99. The van der Waals surface area contributed by atoms with Gasteiger partial charge < -0.3 is 9.32 Å². The topological polar surface area (TPSA) is 118 Å². The van der Waals surface area contributed by atoms with Gasteiger partial charge in [-0.15, -0.1) is 0 Å². The van der Waals surface area contributed by atoms with Crippen LogP contribution in [0.1, 0.15) is 63.1 Å². The first-order chi connectivity index (χ1) is 16.8. The van der Waals surface area contributed by atoms with E-state index in [1.165, 1.54) is 24.3 Å². The SMILES string of the molecule is Cc1c(C(=O)N2c3ccccc3CC2C)oc2c1/C(=N/NC(=O)c1cccc([N+](=O)[O-])c1)CCC2. The second-order valence-electron chi connectivity index (χ2n) is 8.87. The van der Waals surface area contributed by atoms with Crippen LogP contribution in [0.5, 0.6) is 0 Å². The lowest BCUT2D eigenvalue weighted by atomic mass is 9.93. The average Bonchev–Trinajstić information content (AvgIpc) is 3.38. The summed E-state index contributed by atoms with van der Waals surface area (Å²) in [6, 6.07) is 13.4. The fourth-order valence-corrected chi connectivity index (χ4v) is 4.91. The summed E-state index contributed by atoms with van der Waals surface area (Å²) in [5.41, 5.74) is 6.58. The Morgan fingerprint density at radius 2 is 1.97 bits per heavy atom. The van der Waals surface area contributed by atoms with E-state index in [4.69, 9.17) is 4.42 Å². The van der Waals surface area contributed by atoms with Crippen molar-refractivity contribution in [1.29, 1.82) is 0 Å². The maximum Gasteiger partial charge on any atom is 0.294 e. The van der Waals surface area contributed by atoms with Crippen LogP contribution in [-0.2, 0) is 12.8 Å². The summed E-state index contributed by atoms with van der Waals surface area (Å²) in [6.45, 7) is 3.86. The van der Waals surface area contributed by atoms with E-state index in [-0.39, 0.29) is 29.0 Å². The van der Waals surface area contributed by atoms with Crippen molar-refractivity contribution in [2.45, 2.75) is 45.6 Å². The van der Waals surface area contributed by atoms with Gasteiger partial charge in [0.25, 0.3) is 17.5 Å². The minimum atomic E-state index is -0.552. The molecule has 2 heterocycles. The largest absolute Gasteiger partial charge is 0.455 e. The molecule has 9 nitrogen and oxygen atoms in total. The van der Waals surface area contributed by atoms with E-state index >= 15 is 0 Å². The molecule has 178 valence electrons. The average molecular weight is 473 g/mol. The highest BCUT2D eigenvalue weighted by molar-refractivity contribution is 6.11. The second kappa shape index (κ2) is 8.83. The van der Waals surface area contributed by atoms with Gasteiger partial charge in [0.2, 0.25) is 0 Å². The molecule has 1 aromatic heterocycles. The van der Waals surface area contributed by atoms with Crippen LogP contribution in [0.3, 0.4) is 0 Å². The Balaban J connectivity index is 1.43. The maximum atomic E-state index is 13.6. The molecule has 0 saturated heterocycles. The molecule has 5 rings (SSSR count). The van der Waals surface area contributed by atoms with Crippen LogP contribution in [0.15, 0.2) is 58.0 Å². The third-order valence-corrected chi connectivity index (χ3v) is 6.56. The van der Waals surface area contributed by atoms with Crippen LogP contribution in [0.25, 0.3) is 0 Å². The smallest absolute Gasteiger partial charge is 0.294 e. The Hall–Kier alpha value is -4.27. The van der Waals surface area contributed by atoms with E-state index in [9.17, 15) is 19.7 Å². The molecular formula is C26H24N4O5. The molecule has 2 aromatic carbocycles. The number of hydrazone groups is 1. The first-order valence-corrected chi connectivity index (χ1v) is 11.5. The van der Waals surface area contributed by atoms with Crippen molar-refractivity contribution in [3.63, 3.8) is 0 Å². The summed E-state index contributed by atoms with van der Waals surface area (Å²) in [5.74, 6) is 0.237. The number of hydrogen-bond acceptors (Lipinski definition) is 6. The lowest BCUT2D eigenvalue weighted by molar-refractivity contribution is -0.384. The van der Waals surface area contributed by atoms with E-state index in [1.807, 2.05) is 38.1 Å². The standard InChI is InChI=1S/C26H24N4O5/c1-15-13-17-7-3-4-11-21(17)29(15)26(32)24-16(2)23-20(10-6-12-22(23)35-24)27-28-25(31)18-8-5-9-19(14-18)30(33)34/h3-5,7-9,11,14-15H,6,10,12-13H2,1-2H3,(H,28,31)/b27-20+. The van der Waals surface area contributed by atoms with Gasteiger partial charge in [-0.05, 0) is 50.8 Å². The number of amides is 2. The van der Waals surface area contributed by atoms with E-state index in [2.05, 4.69) is 10.5 Å². The monoisotopic (exact) mass is 472 g/mol. The van der Waals surface area contributed by atoms with Crippen molar-refractivity contribution in [1.82, 2.24) is 5.43 Å². The third-order valence-electron chi connectivity index (χ3n) is 6.56. The number of hydrogen-bond donors (Lipinski definition) is 1. The number of carbonyl (C=O) groups excluding carboxylic acids is 2. The minimum absolute atomic E-state index is 0.0174. The van der Waals surface area contributed by atoms with Gasteiger partial charge in [0.05, 0.1) is 10.6 Å². The number of benzene rings is 2. The summed E-state index contributed by atoms with van der Waals surface area (Å²) >= 11 is 0. The van der Waals surface area contributed by atoms with Crippen LogP contribution in [0.2, 0.25) is 0 Å². The zero-order valence-electron chi connectivity index (χ0n) is 19.4. The molecule has 1 aliphatic heterocycles. The van der Waals surface area contributed by atoms with Gasteiger partial charge >= 0.3 is 0 Å². The molecule has 9 heteroatoms. The molecule has 1 unspecified atom stereocenters. The summed E-state index contributed by atoms with van der Waals surface area (Å²) in [4.78, 5) is 38.4. The Bertz CT molecular complexity index is 1390. The lowest BCUT2D eigenvalue weighted by Gasteiger charge is -2.21. The maximum absolute atomic E-state index is 13.6. The van der Waals surface area contributed by atoms with Crippen LogP contribution < -0.4 is 10.3 Å². The molecule has 2 amide bonds. The van der Waals surface area contributed by atoms with Crippen molar-refractivity contribution < 1.29 is 18.9 Å². The zero-order chi connectivity index (χ0) is 24.7. The Morgan fingerprint density at radius 1 is 1.17 bits per heavy atom. The first kappa shape index (κ1) is 22.5. The Kier molecular flexibility index (Phi) is 5.68. The normalized spacial score (nSPS) is 17.7.